The van der Waals surface area contributed by atoms with Gasteiger partial charge in [-0.1, -0.05) is 72.7 Å². The maximum absolute atomic E-state index is 13.1. The third-order valence-electron chi connectivity index (χ3n) is 4.96. The van der Waals surface area contributed by atoms with E-state index >= 15 is 0 Å². The van der Waals surface area contributed by atoms with Crippen LogP contribution in [0.3, 0.4) is 0 Å². The van der Waals surface area contributed by atoms with Crippen LogP contribution < -0.4 is 5.32 Å². The highest BCUT2D eigenvalue weighted by Crippen LogP contribution is 2.39. The molecule has 146 valence electrons. The van der Waals surface area contributed by atoms with Gasteiger partial charge in [-0.2, -0.15) is 0 Å². The lowest BCUT2D eigenvalue weighted by Crippen LogP contribution is -2.33. The lowest BCUT2D eigenvalue weighted by Gasteiger charge is -2.24. The molecule has 1 aliphatic carbocycles. The van der Waals surface area contributed by atoms with Gasteiger partial charge in [0.1, 0.15) is 5.25 Å². The first-order valence-corrected chi connectivity index (χ1v) is 11.5. The smallest absolute Gasteiger partial charge is 0.240 e. The molecule has 5 nitrogen and oxygen atoms in total. The standard InChI is InChI=1S/C20H28N4OS2/c1-3-24(4-2)18(25)17(15-11-7-5-8-12-15)26-20-23-22-19(27-20)21-16-13-9-6-10-14-16/h5,7-8,11-12,16-17H,3-4,6,9-10,13-14H2,1-2H3,(H,21,22)/t17-/m0/s1. The Morgan fingerprint density at radius 1 is 1.19 bits per heavy atom. The third kappa shape index (κ3) is 5.45. The number of carbonyl (C=O) groups is 1. The molecule has 1 heterocycles. The predicted molar refractivity (Wildman–Crippen MR) is 113 cm³/mol. The summed E-state index contributed by atoms with van der Waals surface area (Å²) in [6.07, 6.45) is 6.31. The Morgan fingerprint density at radius 2 is 1.89 bits per heavy atom. The van der Waals surface area contributed by atoms with Crippen LogP contribution in [0.5, 0.6) is 0 Å². The SMILES string of the molecule is CCN(CC)C(=O)[C@@H](Sc1nnc(NC2CCCCC2)s1)c1ccccc1. The number of thioether (sulfide) groups is 1. The second-order valence-corrected chi connectivity index (χ2v) is 9.10. The van der Waals surface area contributed by atoms with Crippen molar-refractivity contribution < 1.29 is 4.79 Å². The zero-order chi connectivity index (χ0) is 19.1. The molecule has 7 heteroatoms. The Kier molecular flexibility index (Phi) is 7.52. The maximum Gasteiger partial charge on any atom is 0.240 e. The van der Waals surface area contributed by atoms with E-state index in [0.29, 0.717) is 19.1 Å². The molecular formula is C20H28N4OS2. The predicted octanol–water partition coefficient (Wildman–Crippen LogP) is 4.98. The summed E-state index contributed by atoms with van der Waals surface area (Å²) < 4.78 is 0.836. The number of anilines is 1. The van der Waals surface area contributed by atoms with E-state index in [4.69, 9.17) is 0 Å². The van der Waals surface area contributed by atoms with Gasteiger partial charge in [0.05, 0.1) is 0 Å². The molecule has 1 aromatic heterocycles. The van der Waals surface area contributed by atoms with Gasteiger partial charge in [0, 0.05) is 19.1 Å². The fraction of sp³-hybridized carbons (Fsp3) is 0.550. The maximum atomic E-state index is 13.1. The number of hydrogen-bond donors (Lipinski definition) is 1. The van der Waals surface area contributed by atoms with Crippen molar-refractivity contribution in [1.82, 2.24) is 15.1 Å². The average Bonchev–Trinajstić information content (AvgIpc) is 3.15. The van der Waals surface area contributed by atoms with Gasteiger partial charge in [-0.3, -0.25) is 4.79 Å². The van der Waals surface area contributed by atoms with Crippen molar-refractivity contribution in [2.24, 2.45) is 0 Å². The van der Waals surface area contributed by atoms with E-state index < -0.39 is 0 Å². The van der Waals surface area contributed by atoms with Crippen molar-refractivity contribution in [2.45, 2.75) is 61.6 Å². The molecule has 0 radical (unpaired) electrons. The van der Waals surface area contributed by atoms with Crippen LogP contribution in [0.1, 0.15) is 56.8 Å². The van der Waals surface area contributed by atoms with Crippen LogP contribution in [0.2, 0.25) is 0 Å². The van der Waals surface area contributed by atoms with Crippen molar-refractivity contribution >= 4 is 34.1 Å². The summed E-state index contributed by atoms with van der Waals surface area (Å²) in [4.78, 5) is 15.0. The second kappa shape index (κ2) is 10.1. The summed E-state index contributed by atoms with van der Waals surface area (Å²) in [5.74, 6) is 0.133. The van der Waals surface area contributed by atoms with Crippen LogP contribution in [-0.2, 0) is 4.79 Å². The molecule has 1 aromatic carbocycles. The highest BCUT2D eigenvalue weighted by atomic mass is 32.2. The summed E-state index contributed by atoms with van der Waals surface area (Å²) >= 11 is 3.06. The van der Waals surface area contributed by atoms with Crippen molar-refractivity contribution in [1.29, 1.82) is 0 Å². The summed E-state index contributed by atoms with van der Waals surface area (Å²) in [7, 11) is 0. The van der Waals surface area contributed by atoms with Crippen LogP contribution >= 0.6 is 23.1 Å². The van der Waals surface area contributed by atoms with E-state index in [9.17, 15) is 4.79 Å². The minimum atomic E-state index is -0.290. The van der Waals surface area contributed by atoms with E-state index in [1.54, 1.807) is 11.3 Å². The lowest BCUT2D eigenvalue weighted by atomic mass is 9.96. The second-order valence-electron chi connectivity index (χ2n) is 6.77. The number of aromatic nitrogens is 2. The number of nitrogens with one attached hydrogen (secondary N) is 1. The van der Waals surface area contributed by atoms with Crippen molar-refractivity contribution in [2.75, 3.05) is 18.4 Å². The minimum Gasteiger partial charge on any atom is -0.357 e. The fourth-order valence-corrected chi connectivity index (χ4v) is 5.53. The molecule has 1 atom stereocenters. The quantitative estimate of drug-likeness (QED) is 0.629. The number of likely N-dealkylation sites (N-methyl/N-ethyl adjacent to an activating group) is 1. The summed E-state index contributed by atoms with van der Waals surface area (Å²) in [6.45, 7) is 5.46. The van der Waals surface area contributed by atoms with Gasteiger partial charge >= 0.3 is 0 Å². The largest absolute Gasteiger partial charge is 0.357 e. The molecule has 0 aliphatic heterocycles. The normalized spacial score (nSPS) is 16.1. The Hall–Kier alpha value is -1.60. The van der Waals surface area contributed by atoms with E-state index in [1.807, 2.05) is 49.1 Å². The third-order valence-corrected chi connectivity index (χ3v) is 7.14. The summed E-state index contributed by atoms with van der Waals surface area (Å²) in [6, 6.07) is 10.5. The number of hydrogen-bond acceptors (Lipinski definition) is 6. The molecule has 0 spiro atoms. The van der Waals surface area contributed by atoms with Crippen LogP contribution in [0.25, 0.3) is 0 Å². The Bertz CT molecular complexity index is 712. The molecule has 2 aromatic rings. The van der Waals surface area contributed by atoms with Gasteiger partial charge in [-0.25, -0.2) is 0 Å². The fourth-order valence-electron chi connectivity index (χ4n) is 3.43. The number of carbonyl (C=O) groups excluding carboxylic acids is 1. The molecule has 27 heavy (non-hydrogen) atoms. The molecule has 1 saturated carbocycles. The minimum absolute atomic E-state index is 0.133. The number of amides is 1. The van der Waals surface area contributed by atoms with Crippen LogP contribution in [0, 0.1) is 0 Å². The molecule has 1 fully saturated rings. The zero-order valence-corrected chi connectivity index (χ0v) is 17.7. The van der Waals surface area contributed by atoms with Gasteiger partial charge in [0.2, 0.25) is 11.0 Å². The van der Waals surface area contributed by atoms with Gasteiger partial charge < -0.3 is 10.2 Å². The van der Waals surface area contributed by atoms with Gasteiger partial charge in [0.15, 0.2) is 4.34 Å². The first kappa shape index (κ1) is 20.1. The van der Waals surface area contributed by atoms with E-state index in [1.165, 1.54) is 43.9 Å². The Balaban J connectivity index is 1.73. The molecule has 3 rings (SSSR count). The van der Waals surface area contributed by atoms with Crippen molar-refractivity contribution in [3.8, 4) is 0 Å². The molecule has 1 amide bonds. The zero-order valence-electron chi connectivity index (χ0n) is 16.1. The van der Waals surface area contributed by atoms with Gasteiger partial charge in [-0.05, 0) is 32.3 Å². The Labute approximate surface area is 170 Å². The van der Waals surface area contributed by atoms with Gasteiger partial charge in [0.25, 0.3) is 0 Å². The summed E-state index contributed by atoms with van der Waals surface area (Å²) in [5.41, 5.74) is 1.01. The monoisotopic (exact) mass is 404 g/mol. The molecule has 0 bridgehead atoms. The molecule has 1 N–H and O–H groups in total. The number of benzene rings is 1. The molecule has 0 saturated heterocycles. The van der Waals surface area contributed by atoms with Crippen molar-refractivity contribution in [3.63, 3.8) is 0 Å². The Morgan fingerprint density at radius 3 is 2.56 bits per heavy atom. The summed E-state index contributed by atoms with van der Waals surface area (Å²) in [5, 5.41) is 12.8. The van der Waals surface area contributed by atoms with Crippen LogP contribution in [0.15, 0.2) is 34.7 Å². The number of nitrogens with zero attached hydrogens (tertiary/aromatic N) is 3. The average molecular weight is 405 g/mol. The van der Waals surface area contributed by atoms with Crippen LogP contribution in [0.4, 0.5) is 5.13 Å². The number of rotatable bonds is 8. The molecule has 1 aliphatic rings. The first-order chi connectivity index (χ1) is 13.2. The molecular weight excluding hydrogens is 376 g/mol. The lowest BCUT2D eigenvalue weighted by molar-refractivity contribution is -0.130. The molecule has 0 unspecified atom stereocenters. The highest BCUT2D eigenvalue weighted by Gasteiger charge is 2.27. The first-order valence-electron chi connectivity index (χ1n) is 9.81. The van der Waals surface area contributed by atoms with E-state index in [0.717, 1.165) is 15.0 Å². The topological polar surface area (TPSA) is 58.1 Å². The van der Waals surface area contributed by atoms with Crippen molar-refractivity contribution in [3.05, 3.63) is 35.9 Å². The van der Waals surface area contributed by atoms with E-state index in [-0.39, 0.29) is 11.2 Å². The van der Waals surface area contributed by atoms with Gasteiger partial charge in [-0.15, -0.1) is 10.2 Å². The highest BCUT2D eigenvalue weighted by molar-refractivity contribution is 8.01. The van der Waals surface area contributed by atoms with E-state index in [2.05, 4.69) is 15.5 Å². The van der Waals surface area contributed by atoms with Crippen LogP contribution in [-0.4, -0.2) is 40.1 Å².